The lowest BCUT2D eigenvalue weighted by atomic mass is 9.66. The van der Waals surface area contributed by atoms with Gasteiger partial charge in [-0.2, -0.15) is 0 Å². The van der Waals surface area contributed by atoms with Gasteiger partial charge in [-0.3, -0.25) is 0 Å². The molecule has 3 heteroatoms. The molecule has 0 atom stereocenters. The Kier molecular flexibility index (Phi) is 7.79. The highest BCUT2D eigenvalue weighted by Gasteiger charge is 2.53. The van der Waals surface area contributed by atoms with Gasteiger partial charge in [0.2, 0.25) is 0 Å². The highest BCUT2D eigenvalue weighted by molar-refractivity contribution is 7.99. The van der Waals surface area contributed by atoms with Gasteiger partial charge in [0.15, 0.2) is 0 Å². The van der Waals surface area contributed by atoms with E-state index in [1.807, 2.05) is 11.8 Å². The van der Waals surface area contributed by atoms with Gasteiger partial charge in [-0.1, -0.05) is 194 Å². The van der Waals surface area contributed by atoms with E-state index in [0.717, 1.165) is 39.7 Å². The Labute approximate surface area is 383 Å². The quantitative estimate of drug-likeness (QED) is 0.175. The van der Waals surface area contributed by atoms with Crippen molar-refractivity contribution in [3.05, 3.63) is 281 Å². The Bertz CT molecular complexity index is 3480. The molecular formula is C62H39NOS. The van der Waals surface area contributed by atoms with Crippen LogP contribution >= 0.6 is 11.8 Å². The van der Waals surface area contributed by atoms with Gasteiger partial charge in [-0.15, -0.1) is 0 Å². The van der Waals surface area contributed by atoms with Gasteiger partial charge in [0.05, 0.1) is 16.5 Å². The molecule has 2 aliphatic heterocycles. The lowest BCUT2D eigenvalue weighted by Gasteiger charge is -2.40. The maximum atomic E-state index is 6.72. The highest BCUT2D eigenvalue weighted by atomic mass is 32.2. The fraction of sp³-hybridized carbons (Fsp3) is 0.0323. The average molecular weight is 846 g/mol. The van der Waals surface area contributed by atoms with Gasteiger partial charge in [0, 0.05) is 37.9 Å². The van der Waals surface area contributed by atoms with Crippen LogP contribution < -0.4 is 9.64 Å². The van der Waals surface area contributed by atoms with Crippen LogP contribution in [-0.2, 0) is 10.8 Å². The third-order valence-corrected chi connectivity index (χ3v) is 15.6. The first-order valence-corrected chi connectivity index (χ1v) is 23.2. The molecule has 2 spiro atoms. The van der Waals surface area contributed by atoms with Crippen molar-refractivity contribution in [2.45, 2.75) is 20.6 Å². The predicted octanol–water partition coefficient (Wildman–Crippen LogP) is 16.1. The van der Waals surface area contributed by atoms with Crippen molar-refractivity contribution in [1.29, 1.82) is 0 Å². The summed E-state index contributed by atoms with van der Waals surface area (Å²) < 4.78 is 6.72. The highest BCUT2D eigenvalue weighted by Crippen LogP contribution is 2.66. The molecule has 0 amide bonds. The van der Waals surface area contributed by atoms with E-state index in [1.165, 1.54) is 76.6 Å². The fourth-order valence-electron chi connectivity index (χ4n) is 11.9. The molecule has 2 nitrogen and oxygen atoms in total. The first-order valence-electron chi connectivity index (χ1n) is 22.4. The summed E-state index contributed by atoms with van der Waals surface area (Å²) in [4.78, 5) is 5.12. The van der Waals surface area contributed by atoms with E-state index < -0.39 is 10.8 Å². The second-order valence-electron chi connectivity index (χ2n) is 17.5. The molecule has 0 aromatic heterocycles. The summed E-state index contributed by atoms with van der Waals surface area (Å²) in [5.74, 6) is 1.78. The van der Waals surface area contributed by atoms with Gasteiger partial charge in [0.25, 0.3) is 0 Å². The Morgan fingerprint density at radius 3 is 1.48 bits per heavy atom. The molecule has 0 unspecified atom stereocenters. The van der Waals surface area contributed by atoms with E-state index in [-0.39, 0.29) is 0 Å². The molecular weight excluding hydrogens is 807 g/mol. The SMILES string of the molecule is c1ccc(-c2ccc(N(c3ccc4c(c3)C3(c5ccccc5Sc5ccccc53)c3ccccc3-4)c3cccc4c3-c3ccccc3C43c4ccccc4Oc4ccccc43)cc2)cc1. The Morgan fingerprint density at radius 2 is 0.800 bits per heavy atom. The third-order valence-electron chi connectivity index (χ3n) is 14.4. The molecule has 14 rings (SSSR count). The number of nitrogens with zero attached hydrogens (tertiary/aromatic N) is 1. The van der Waals surface area contributed by atoms with Gasteiger partial charge >= 0.3 is 0 Å². The predicted molar refractivity (Wildman–Crippen MR) is 265 cm³/mol. The number of fused-ring (bicyclic) bond motifs is 18. The second-order valence-corrected chi connectivity index (χ2v) is 18.5. The van der Waals surface area contributed by atoms with Crippen molar-refractivity contribution in [2.24, 2.45) is 0 Å². The zero-order valence-corrected chi connectivity index (χ0v) is 36.1. The van der Waals surface area contributed by atoms with E-state index >= 15 is 0 Å². The summed E-state index contributed by atoms with van der Waals surface area (Å²) in [5, 5.41) is 0. The van der Waals surface area contributed by atoms with E-state index in [2.05, 4.69) is 241 Å². The van der Waals surface area contributed by atoms with Crippen LogP contribution in [0.25, 0.3) is 33.4 Å². The maximum Gasteiger partial charge on any atom is 0.132 e. The molecule has 0 bridgehead atoms. The summed E-state index contributed by atoms with van der Waals surface area (Å²) >= 11 is 1.88. The van der Waals surface area contributed by atoms with Crippen LogP contribution in [0, 0.1) is 0 Å². The first kappa shape index (κ1) is 36.6. The van der Waals surface area contributed by atoms with Gasteiger partial charge < -0.3 is 9.64 Å². The molecule has 65 heavy (non-hydrogen) atoms. The Morgan fingerprint density at radius 1 is 0.323 bits per heavy atom. The van der Waals surface area contributed by atoms with Crippen molar-refractivity contribution in [1.82, 2.24) is 0 Å². The van der Waals surface area contributed by atoms with Gasteiger partial charge in [-0.25, -0.2) is 0 Å². The first-order chi connectivity index (χ1) is 32.2. The van der Waals surface area contributed by atoms with Crippen LogP contribution in [0.15, 0.2) is 246 Å². The number of ether oxygens (including phenoxy) is 1. The minimum absolute atomic E-state index is 0.506. The Hall–Kier alpha value is -7.85. The normalized spacial score (nSPS) is 14.5. The fourth-order valence-corrected chi connectivity index (χ4v) is 13.1. The second kappa shape index (κ2) is 13.8. The van der Waals surface area contributed by atoms with E-state index in [1.54, 1.807) is 0 Å². The largest absolute Gasteiger partial charge is 0.457 e. The number of anilines is 3. The van der Waals surface area contributed by atoms with Gasteiger partial charge in [-0.05, 0) is 116 Å². The molecule has 0 radical (unpaired) electrons. The summed E-state index contributed by atoms with van der Waals surface area (Å²) in [5.41, 5.74) is 19.8. The van der Waals surface area contributed by atoms with Crippen LogP contribution in [-0.4, -0.2) is 0 Å². The molecule has 2 heterocycles. The summed E-state index contributed by atoms with van der Waals surface area (Å²) in [6.45, 7) is 0. The molecule has 0 saturated heterocycles. The summed E-state index contributed by atoms with van der Waals surface area (Å²) in [7, 11) is 0. The van der Waals surface area contributed by atoms with Crippen LogP contribution in [0.4, 0.5) is 17.1 Å². The van der Waals surface area contributed by atoms with Crippen molar-refractivity contribution in [3.8, 4) is 44.9 Å². The lowest BCUT2D eigenvalue weighted by Crippen LogP contribution is -2.32. The van der Waals surface area contributed by atoms with Gasteiger partial charge in [0.1, 0.15) is 11.5 Å². The number of benzene rings is 10. The molecule has 10 aromatic carbocycles. The number of para-hydroxylation sites is 2. The molecule has 0 N–H and O–H groups in total. The zero-order valence-electron chi connectivity index (χ0n) is 35.3. The van der Waals surface area contributed by atoms with Crippen molar-refractivity contribution >= 4 is 28.8 Å². The summed E-state index contributed by atoms with van der Waals surface area (Å²) in [6, 6.07) is 87.6. The molecule has 0 saturated carbocycles. The minimum Gasteiger partial charge on any atom is -0.457 e. The van der Waals surface area contributed by atoms with Crippen molar-refractivity contribution in [3.63, 3.8) is 0 Å². The molecule has 304 valence electrons. The van der Waals surface area contributed by atoms with E-state index in [0.29, 0.717) is 0 Å². The van der Waals surface area contributed by atoms with E-state index in [4.69, 9.17) is 4.74 Å². The van der Waals surface area contributed by atoms with Crippen LogP contribution in [0.3, 0.4) is 0 Å². The molecule has 0 fully saturated rings. The molecule has 2 aliphatic carbocycles. The monoisotopic (exact) mass is 845 g/mol. The number of hydrogen-bond acceptors (Lipinski definition) is 3. The minimum atomic E-state index is -0.590. The van der Waals surface area contributed by atoms with Crippen molar-refractivity contribution in [2.75, 3.05) is 4.90 Å². The lowest BCUT2D eigenvalue weighted by molar-refractivity contribution is 0.436. The Balaban J connectivity index is 1.07. The average Bonchev–Trinajstić information content (AvgIpc) is 3.83. The van der Waals surface area contributed by atoms with Crippen LogP contribution in [0.2, 0.25) is 0 Å². The van der Waals surface area contributed by atoms with Crippen LogP contribution in [0.1, 0.15) is 44.5 Å². The number of rotatable bonds is 4. The van der Waals surface area contributed by atoms with E-state index in [9.17, 15) is 0 Å². The van der Waals surface area contributed by atoms with Crippen molar-refractivity contribution < 1.29 is 4.74 Å². The zero-order chi connectivity index (χ0) is 42.7. The van der Waals surface area contributed by atoms with Crippen LogP contribution in [0.5, 0.6) is 11.5 Å². The number of hydrogen-bond donors (Lipinski definition) is 0. The smallest absolute Gasteiger partial charge is 0.132 e. The standard InChI is InChI=1S/C62H39NOS/c1-2-17-40(18-3-1)41-33-35-42(36-34-41)63(43-37-38-45-44-19-4-6-21-47(44)62(54(45)39-43)51-25-10-14-31-58(51)65-59-32-15-11-26-52(59)62)55-28-16-27-53-60(55)46-20-5-7-22-48(46)61(53)49-23-8-12-29-56(49)64-57-30-13-9-24-50(57)61/h1-39H. The third kappa shape index (κ3) is 4.91. The molecule has 4 aliphatic rings. The molecule has 10 aromatic rings. The topological polar surface area (TPSA) is 12.5 Å². The summed E-state index contributed by atoms with van der Waals surface area (Å²) in [6.07, 6.45) is 0. The maximum absolute atomic E-state index is 6.72.